The van der Waals surface area contributed by atoms with Gasteiger partial charge in [-0.15, -0.1) is 0 Å². The van der Waals surface area contributed by atoms with Gasteiger partial charge in [0.15, 0.2) is 0 Å². The summed E-state index contributed by atoms with van der Waals surface area (Å²) in [4.78, 5) is 11.4. The Morgan fingerprint density at radius 3 is 2.55 bits per heavy atom. The Labute approximate surface area is 133 Å². The second-order valence-electron chi connectivity index (χ2n) is 6.05. The third kappa shape index (κ3) is 4.20. The quantitative estimate of drug-likeness (QED) is 0.862. The number of benzene rings is 1. The van der Waals surface area contributed by atoms with E-state index in [0.29, 0.717) is 5.92 Å². The van der Waals surface area contributed by atoms with Crippen molar-refractivity contribution >= 4 is 17.5 Å². The normalized spacial score (nSPS) is 10.8. The maximum absolute atomic E-state index is 4.69. The van der Waals surface area contributed by atoms with Crippen molar-refractivity contribution in [2.45, 2.75) is 34.6 Å². The van der Waals surface area contributed by atoms with Gasteiger partial charge in [-0.3, -0.25) is 0 Å². The number of aryl methyl sites for hydroxylation is 2. The average molecular weight is 298 g/mol. The van der Waals surface area contributed by atoms with Gasteiger partial charge in [-0.2, -0.15) is 4.98 Å². The Bertz CT molecular complexity index is 622. The molecule has 1 aromatic carbocycles. The molecule has 0 fully saturated rings. The van der Waals surface area contributed by atoms with Crippen molar-refractivity contribution in [3.63, 3.8) is 0 Å². The summed E-state index contributed by atoms with van der Waals surface area (Å²) in [5.41, 5.74) is 3.34. The Morgan fingerprint density at radius 2 is 1.91 bits per heavy atom. The number of rotatable bonds is 6. The average Bonchev–Trinajstić information content (AvgIpc) is 2.45. The number of hydrogen-bond donors (Lipinski definition) is 1. The van der Waals surface area contributed by atoms with Gasteiger partial charge in [-0.05, 0) is 44.4 Å². The Hall–Kier alpha value is -2.10. The minimum atomic E-state index is 0.581. The smallest absolute Gasteiger partial charge is 0.232 e. The predicted molar refractivity (Wildman–Crippen MR) is 94.0 cm³/mol. The number of anilines is 3. The standard InChI is InChI=1S/C18H26N4/c1-6-22(16-9-7-8-14(4)10-16)18-20-15(5)11-17(21-18)19-12-13(2)3/h7-11,13H,6,12H2,1-5H3,(H,19,20,21). The van der Waals surface area contributed by atoms with Gasteiger partial charge in [-0.25, -0.2) is 4.98 Å². The molecule has 1 N–H and O–H groups in total. The first kappa shape index (κ1) is 16.3. The SMILES string of the molecule is CCN(c1cccc(C)c1)c1nc(C)cc(NCC(C)C)n1. The fraction of sp³-hybridized carbons (Fsp3) is 0.444. The van der Waals surface area contributed by atoms with Crippen LogP contribution in [0.1, 0.15) is 32.0 Å². The van der Waals surface area contributed by atoms with Crippen LogP contribution in [0, 0.1) is 19.8 Å². The van der Waals surface area contributed by atoms with Gasteiger partial charge < -0.3 is 10.2 Å². The molecule has 2 rings (SSSR count). The molecule has 0 aliphatic heterocycles. The first-order valence-corrected chi connectivity index (χ1v) is 7.93. The molecule has 22 heavy (non-hydrogen) atoms. The van der Waals surface area contributed by atoms with Crippen LogP contribution in [0.25, 0.3) is 0 Å². The summed E-state index contributed by atoms with van der Waals surface area (Å²) in [6.07, 6.45) is 0. The fourth-order valence-corrected chi connectivity index (χ4v) is 2.31. The first-order valence-electron chi connectivity index (χ1n) is 7.93. The van der Waals surface area contributed by atoms with Gasteiger partial charge >= 0.3 is 0 Å². The molecular formula is C18H26N4. The zero-order valence-electron chi connectivity index (χ0n) is 14.2. The zero-order chi connectivity index (χ0) is 16.1. The van der Waals surface area contributed by atoms with E-state index in [1.165, 1.54) is 5.56 Å². The minimum absolute atomic E-state index is 0.581. The lowest BCUT2D eigenvalue weighted by molar-refractivity contribution is 0.686. The van der Waals surface area contributed by atoms with Crippen LogP contribution in [0.5, 0.6) is 0 Å². The highest BCUT2D eigenvalue weighted by atomic mass is 15.3. The molecule has 0 spiro atoms. The molecule has 0 saturated carbocycles. The van der Waals surface area contributed by atoms with Crippen molar-refractivity contribution < 1.29 is 0 Å². The summed E-state index contributed by atoms with van der Waals surface area (Å²) in [6, 6.07) is 10.4. The molecule has 0 bridgehead atoms. The Morgan fingerprint density at radius 1 is 1.14 bits per heavy atom. The largest absolute Gasteiger partial charge is 0.370 e. The van der Waals surface area contributed by atoms with Crippen molar-refractivity contribution in [1.29, 1.82) is 0 Å². The van der Waals surface area contributed by atoms with E-state index in [4.69, 9.17) is 0 Å². The van der Waals surface area contributed by atoms with E-state index in [1.807, 2.05) is 13.0 Å². The van der Waals surface area contributed by atoms with E-state index in [1.54, 1.807) is 0 Å². The molecule has 0 amide bonds. The van der Waals surface area contributed by atoms with Gasteiger partial charge in [0.2, 0.25) is 5.95 Å². The number of hydrogen-bond acceptors (Lipinski definition) is 4. The third-order valence-electron chi connectivity index (χ3n) is 3.40. The molecule has 0 unspecified atom stereocenters. The van der Waals surface area contributed by atoms with Crippen molar-refractivity contribution in [2.75, 3.05) is 23.3 Å². The van der Waals surface area contributed by atoms with Gasteiger partial charge in [0.1, 0.15) is 5.82 Å². The summed E-state index contributed by atoms with van der Waals surface area (Å²) >= 11 is 0. The summed E-state index contributed by atoms with van der Waals surface area (Å²) in [7, 11) is 0. The topological polar surface area (TPSA) is 41.1 Å². The van der Waals surface area contributed by atoms with Crippen LogP contribution in [0.2, 0.25) is 0 Å². The number of nitrogens with zero attached hydrogens (tertiary/aromatic N) is 3. The molecule has 0 saturated heterocycles. The third-order valence-corrected chi connectivity index (χ3v) is 3.40. The summed E-state index contributed by atoms with van der Waals surface area (Å²) < 4.78 is 0. The molecule has 0 atom stereocenters. The van der Waals surface area contributed by atoms with Gasteiger partial charge in [0, 0.05) is 30.5 Å². The molecule has 118 valence electrons. The molecule has 4 nitrogen and oxygen atoms in total. The Balaban J connectivity index is 2.32. The first-order chi connectivity index (χ1) is 10.5. The monoisotopic (exact) mass is 298 g/mol. The van der Waals surface area contributed by atoms with Crippen LogP contribution in [0.15, 0.2) is 30.3 Å². The van der Waals surface area contributed by atoms with Crippen LogP contribution in [-0.4, -0.2) is 23.1 Å². The van der Waals surface area contributed by atoms with Crippen LogP contribution in [0.4, 0.5) is 17.5 Å². The predicted octanol–water partition coefficient (Wildman–Crippen LogP) is 4.32. The maximum Gasteiger partial charge on any atom is 0.232 e. The lowest BCUT2D eigenvalue weighted by Crippen LogP contribution is -2.20. The minimum Gasteiger partial charge on any atom is -0.370 e. The number of nitrogens with one attached hydrogen (secondary N) is 1. The number of aromatic nitrogens is 2. The van der Waals surface area contributed by atoms with Crippen LogP contribution < -0.4 is 10.2 Å². The molecule has 0 radical (unpaired) electrons. The van der Waals surface area contributed by atoms with Gasteiger partial charge in [0.05, 0.1) is 0 Å². The van der Waals surface area contributed by atoms with Crippen LogP contribution in [0.3, 0.4) is 0 Å². The van der Waals surface area contributed by atoms with Gasteiger partial charge in [-0.1, -0.05) is 26.0 Å². The summed E-state index contributed by atoms with van der Waals surface area (Å²) in [6.45, 7) is 12.3. The van der Waals surface area contributed by atoms with Crippen molar-refractivity contribution in [3.05, 3.63) is 41.6 Å². The van der Waals surface area contributed by atoms with Crippen molar-refractivity contribution in [1.82, 2.24) is 9.97 Å². The van der Waals surface area contributed by atoms with Gasteiger partial charge in [0.25, 0.3) is 0 Å². The molecule has 1 heterocycles. The van der Waals surface area contributed by atoms with Crippen LogP contribution in [-0.2, 0) is 0 Å². The highest BCUT2D eigenvalue weighted by molar-refractivity contribution is 5.59. The molecular weight excluding hydrogens is 272 g/mol. The van der Waals surface area contributed by atoms with Crippen molar-refractivity contribution in [3.8, 4) is 0 Å². The molecule has 0 aliphatic carbocycles. The molecule has 2 aromatic rings. The summed E-state index contributed by atoms with van der Waals surface area (Å²) in [5.74, 6) is 2.22. The molecule has 1 aromatic heterocycles. The lowest BCUT2D eigenvalue weighted by atomic mass is 10.2. The highest BCUT2D eigenvalue weighted by Gasteiger charge is 2.12. The van der Waals surface area contributed by atoms with E-state index in [-0.39, 0.29) is 0 Å². The van der Waals surface area contributed by atoms with E-state index >= 15 is 0 Å². The van der Waals surface area contributed by atoms with E-state index in [9.17, 15) is 0 Å². The second-order valence-corrected chi connectivity index (χ2v) is 6.05. The van der Waals surface area contributed by atoms with E-state index in [0.717, 1.165) is 36.2 Å². The Kier molecular flexibility index (Phi) is 5.36. The zero-order valence-corrected chi connectivity index (χ0v) is 14.2. The lowest BCUT2D eigenvalue weighted by Gasteiger charge is -2.22. The second kappa shape index (κ2) is 7.25. The van der Waals surface area contributed by atoms with Crippen molar-refractivity contribution in [2.24, 2.45) is 5.92 Å². The molecule has 0 aliphatic rings. The maximum atomic E-state index is 4.69. The van der Waals surface area contributed by atoms with E-state index < -0.39 is 0 Å². The van der Waals surface area contributed by atoms with E-state index in [2.05, 4.69) is 72.1 Å². The highest BCUT2D eigenvalue weighted by Crippen LogP contribution is 2.24. The fourth-order valence-electron chi connectivity index (χ4n) is 2.31. The van der Waals surface area contributed by atoms with Crippen LogP contribution >= 0.6 is 0 Å². The summed E-state index contributed by atoms with van der Waals surface area (Å²) in [5, 5.41) is 3.39. The molecule has 4 heteroatoms.